The van der Waals surface area contributed by atoms with Gasteiger partial charge >= 0.3 is 5.97 Å². The first-order chi connectivity index (χ1) is 9.19. The molecule has 0 aromatic rings. The van der Waals surface area contributed by atoms with Crippen LogP contribution in [0.1, 0.15) is 47.0 Å². The SMILES string of the molecule is C[C@H](NC(=O)CN1CCCCC1=O)C(=O)OC(C)(C)C. The minimum absolute atomic E-state index is 0.00341. The molecule has 20 heavy (non-hydrogen) atoms. The third-order valence-corrected chi connectivity index (χ3v) is 2.89. The smallest absolute Gasteiger partial charge is 0.328 e. The summed E-state index contributed by atoms with van der Waals surface area (Å²) in [5.74, 6) is -0.814. The van der Waals surface area contributed by atoms with Gasteiger partial charge in [-0.05, 0) is 40.5 Å². The molecule has 114 valence electrons. The Bertz CT molecular complexity index is 387. The van der Waals surface area contributed by atoms with Gasteiger partial charge in [0.2, 0.25) is 11.8 Å². The second-order valence-electron chi connectivity index (χ2n) is 6.10. The van der Waals surface area contributed by atoms with Crippen LogP contribution in [0.2, 0.25) is 0 Å². The van der Waals surface area contributed by atoms with Gasteiger partial charge in [0.25, 0.3) is 0 Å². The summed E-state index contributed by atoms with van der Waals surface area (Å²) >= 11 is 0. The lowest BCUT2D eigenvalue weighted by Gasteiger charge is -2.27. The van der Waals surface area contributed by atoms with Crippen LogP contribution in [0.4, 0.5) is 0 Å². The van der Waals surface area contributed by atoms with Crippen molar-refractivity contribution >= 4 is 17.8 Å². The summed E-state index contributed by atoms with van der Waals surface area (Å²) in [4.78, 5) is 36.7. The van der Waals surface area contributed by atoms with Crippen LogP contribution in [-0.4, -0.2) is 47.4 Å². The van der Waals surface area contributed by atoms with Crippen LogP contribution in [-0.2, 0) is 19.1 Å². The van der Waals surface area contributed by atoms with E-state index in [0.29, 0.717) is 13.0 Å². The van der Waals surface area contributed by atoms with Gasteiger partial charge in [-0.2, -0.15) is 0 Å². The van der Waals surface area contributed by atoms with Crippen LogP contribution >= 0.6 is 0 Å². The summed E-state index contributed by atoms with van der Waals surface area (Å²) in [6, 6.07) is -0.721. The number of esters is 1. The molecule has 1 saturated heterocycles. The maximum Gasteiger partial charge on any atom is 0.328 e. The van der Waals surface area contributed by atoms with Gasteiger partial charge in [0.1, 0.15) is 11.6 Å². The first-order valence-electron chi connectivity index (χ1n) is 6.99. The van der Waals surface area contributed by atoms with Gasteiger partial charge < -0.3 is 15.0 Å². The number of hydrogen-bond donors (Lipinski definition) is 1. The predicted octanol–water partition coefficient (Wildman–Crippen LogP) is 0.845. The van der Waals surface area contributed by atoms with E-state index in [2.05, 4.69) is 5.32 Å². The average Bonchev–Trinajstić information content (AvgIpc) is 2.29. The molecule has 6 heteroatoms. The highest BCUT2D eigenvalue weighted by atomic mass is 16.6. The molecule has 1 heterocycles. The Balaban J connectivity index is 2.41. The van der Waals surface area contributed by atoms with E-state index in [-0.39, 0.29) is 18.4 Å². The standard InChI is InChI=1S/C14H24N2O4/c1-10(13(19)20-14(2,3)4)15-11(17)9-16-8-6-5-7-12(16)18/h10H,5-9H2,1-4H3,(H,15,17)/t10-/m0/s1. The Morgan fingerprint density at radius 2 is 2.00 bits per heavy atom. The molecule has 0 spiro atoms. The van der Waals surface area contributed by atoms with Crippen molar-refractivity contribution in [1.82, 2.24) is 10.2 Å². The number of carbonyl (C=O) groups is 3. The quantitative estimate of drug-likeness (QED) is 0.776. The molecule has 0 unspecified atom stereocenters. The number of amides is 2. The molecule has 1 rings (SSSR count). The van der Waals surface area contributed by atoms with Crippen molar-refractivity contribution in [1.29, 1.82) is 0 Å². The summed E-state index contributed by atoms with van der Waals surface area (Å²) in [6.07, 6.45) is 2.29. The van der Waals surface area contributed by atoms with E-state index < -0.39 is 17.6 Å². The molecule has 0 aromatic carbocycles. The third kappa shape index (κ3) is 5.59. The second-order valence-corrected chi connectivity index (χ2v) is 6.10. The fourth-order valence-electron chi connectivity index (χ4n) is 1.94. The number of likely N-dealkylation sites (tertiary alicyclic amines) is 1. The largest absolute Gasteiger partial charge is 0.458 e. The fraction of sp³-hybridized carbons (Fsp3) is 0.786. The highest BCUT2D eigenvalue weighted by Crippen LogP contribution is 2.10. The Morgan fingerprint density at radius 3 is 2.55 bits per heavy atom. The van der Waals surface area contributed by atoms with E-state index in [0.717, 1.165) is 12.8 Å². The lowest BCUT2D eigenvalue weighted by atomic mass is 10.1. The summed E-state index contributed by atoms with van der Waals surface area (Å²) in [5.41, 5.74) is -0.584. The highest BCUT2D eigenvalue weighted by Gasteiger charge is 2.25. The average molecular weight is 284 g/mol. The Hall–Kier alpha value is -1.59. The summed E-state index contributed by atoms with van der Waals surface area (Å²) in [7, 11) is 0. The first-order valence-corrected chi connectivity index (χ1v) is 6.99. The molecular weight excluding hydrogens is 260 g/mol. The van der Waals surface area contributed by atoms with Crippen LogP contribution in [0.5, 0.6) is 0 Å². The predicted molar refractivity (Wildman–Crippen MR) is 73.9 cm³/mol. The van der Waals surface area contributed by atoms with Gasteiger partial charge in [0.15, 0.2) is 0 Å². The van der Waals surface area contributed by atoms with Crippen molar-refractivity contribution in [3.63, 3.8) is 0 Å². The van der Waals surface area contributed by atoms with Crippen LogP contribution in [0, 0.1) is 0 Å². The van der Waals surface area contributed by atoms with Crippen LogP contribution < -0.4 is 5.32 Å². The summed E-state index contributed by atoms with van der Waals surface area (Å²) in [5, 5.41) is 2.56. The molecule has 0 bridgehead atoms. The molecule has 0 aromatic heterocycles. The number of piperidine rings is 1. The highest BCUT2D eigenvalue weighted by molar-refractivity contribution is 5.88. The number of ether oxygens (including phenoxy) is 1. The lowest BCUT2D eigenvalue weighted by Crippen LogP contribution is -2.48. The molecule has 1 aliphatic heterocycles. The topological polar surface area (TPSA) is 75.7 Å². The van der Waals surface area contributed by atoms with Crippen molar-refractivity contribution in [2.24, 2.45) is 0 Å². The molecule has 1 fully saturated rings. The van der Waals surface area contributed by atoms with Crippen molar-refractivity contribution in [3.8, 4) is 0 Å². The zero-order valence-corrected chi connectivity index (χ0v) is 12.7. The van der Waals surface area contributed by atoms with Crippen molar-refractivity contribution in [2.75, 3.05) is 13.1 Å². The van der Waals surface area contributed by atoms with Crippen LogP contribution in [0.25, 0.3) is 0 Å². The van der Waals surface area contributed by atoms with Crippen LogP contribution in [0.15, 0.2) is 0 Å². The third-order valence-electron chi connectivity index (χ3n) is 2.89. The van der Waals surface area contributed by atoms with Gasteiger partial charge in [-0.3, -0.25) is 9.59 Å². The second kappa shape index (κ2) is 6.72. The zero-order chi connectivity index (χ0) is 15.3. The van der Waals surface area contributed by atoms with E-state index >= 15 is 0 Å². The van der Waals surface area contributed by atoms with Gasteiger partial charge in [0, 0.05) is 13.0 Å². The number of hydrogen-bond acceptors (Lipinski definition) is 4. The Labute approximate surface area is 119 Å². The number of nitrogens with one attached hydrogen (secondary N) is 1. The molecule has 0 saturated carbocycles. The molecule has 1 atom stereocenters. The van der Waals surface area contributed by atoms with Crippen molar-refractivity contribution in [3.05, 3.63) is 0 Å². The van der Waals surface area contributed by atoms with E-state index in [1.807, 2.05) is 0 Å². The molecule has 1 aliphatic rings. The van der Waals surface area contributed by atoms with Crippen molar-refractivity contribution in [2.45, 2.75) is 58.6 Å². The summed E-state index contributed by atoms with van der Waals surface area (Å²) in [6.45, 7) is 7.49. The Morgan fingerprint density at radius 1 is 1.35 bits per heavy atom. The van der Waals surface area contributed by atoms with E-state index in [9.17, 15) is 14.4 Å². The molecule has 1 N–H and O–H groups in total. The van der Waals surface area contributed by atoms with E-state index in [1.165, 1.54) is 4.90 Å². The normalized spacial score (nSPS) is 17.6. The number of nitrogens with zero attached hydrogens (tertiary/aromatic N) is 1. The summed E-state index contributed by atoms with van der Waals surface area (Å²) < 4.78 is 5.18. The fourth-order valence-corrected chi connectivity index (χ4v) is 1.94. The van der Waals surface area contributed by atoms with Gasteiger partial charge in [-0.25, -0.2) is 4.79 Å². The lowest BCUT2D eigenvalue weighted by molar-refractivity contribution is -0.158. The zero-order valence-electron chi connectivity index (χ0n) is 12.7. The minimum Gasteiger partial charge on any atom is -0.458 e. The van der Waals surface area contributed by atoms with Crippen LogP contribution in [0.3, 0.4) is 0 Å². The van der Waals surface area contributed by atoms with E-state index in [1.54, 1.807) is 27.7 Å². The molecular formula is C14H24N2O4. The molecule has 2 amide bonds. The maximum absolute atomic E-state index is 11.8. The Kier molecular flexibility index (Phi) is 5.53. The molecule has 0 aliphatic carbocycles. The molecule has 0 radical (unpaired) electrons. The van der Waals surface area contributed by atoms with Gasteiger partial charge in [-0.1, -0.05) is 0 Å². The van der Waals surface area contributed by atoms with Crippen molar-refractivity contribution < 1.29 is 19.1 Å². The first kappa shape index (κ1) is 16.5. The van der Waals surface area contributed by atoms with Gasteiger partial charge in [-0.15, -0.1) is 0 Å². The maximum atomic E-state index is 11.8. The number of carbonyl (C=O) groups excluding carboxylic acids is 3. The minimum atomic E-state index is -0.721. The van der Waals surface area contributed by atoms with E-state index in [4.69, 9.17) is 4.74 Å². The molecule has 6 nitrogen and oxygen atoms in total. The monoisotopic (exact) mass is 284 g/mol. The number of rotatable bonds is 4. The van der Waals surface area contributed by atoms with Gasteiger partial charge in [0.05, 0.1) is 6.54 Å².